The van der Waals surface area contributed by atoms with Crippen molar-refractivity contribution in [3.8, 4) is 5.75 Å². The molecule has 23 heavy (non-hydrogen) atoms. The first-order chi connectivity index (χ1) is 11.2. The second-order valence-corrected chi connectivity index (χ2v) is 6.21. The van der Waals surface area contributed by atoms with E-state index in [0.717, 1.165) is 37.4 Å². The minimum absolute atomic E-state index is 0.589. The van der Waals surface area contributed by atoms with Gasteiger partial charge in [-0.2, -0.15) is 0 Å². The highest BCUT2D eigenvalue weighted by atomic mass is 16.5. The summed E-state index contributed by atoms with van der Waals surface area (Å²) in [4.78, 5) is 6.74. The number of nitrogens with two attached hydrogens (primary N) is 1. The summed E-state index contributed by atoms with van der Waals surface area (Å²) in [7, 11) is 1.70. The van der Waals surface area contributed by atoms with E-state index in [1.165, 1.54) is 12.8 Å². The van der Waals surface area contributed by atoms with Gasteiger partial charge in [0, 0.05) is 33.2 Å². The fourth-order valence-electron chi connectivity index (χ4n) is 2.80. The fourth-order valence-corrected chi connectivity index (χ4v) is 2.80. The molecule has 1 heterocycles. The van der Waals surface area contributed by atoms with E-state index in [9.17, 15) is 0 Å². The van der Waals surface area contributed by atoms with E-state index in [-0.39, 0.29) is 0 Å². The molecule has 2 N–H and O–H groups in total. The van der Waals surface area contributed by atoms with E-state index < -0.39 is 0 Å². The molecule has 2 rings (SSSR count). The van der Waals surface area contributed by atoms with Crippen molar-refractivity contribution in [2.45, 2.75) is 32.7 Å². The SMILES string of the molecule is COCCCOc1cccc(CN=C(N)N2CCCC(C)C2)c1. The lowest BCUT2D eigenvalue weighted by molar-refractivity contribution is 0.172. The Morgan fingerprint density at radius 3 is 3.04 bits per heavy atom. The molecule has 0 radical (unpaired) electrons. The molecule has 0 saturated carbocycles. The average Bonchev–Trinajstić information content (AvgIpc) is 2.57. The Morgan fingerprint density at radius 1 is 1.39 bits per heavy atom. The predicted molar refractivity (Wildman–Crippen MR) is 93.7 cm³/mol. The Balaban J connectivity index is 1.85. The molecule has 0 aliphatic carbocycles. The number of aliphatic imine (C=N–C) groups is 1. The lowest BCUT2D eigenvalue weighted by Gasteiger charge is -2.31. The molecule has 1 unspecified atom stereocenters. The summed E-state index contributed by atoms with van der Waals surface area (Å²) in [5, 5.41) is 0. The van der Waals surface area contributed by atoms with Crippen LogP contribution in [-0.4, -0.2) is 44.3 Å². The summed E-state index contributed by atoms with van der Waals surface area (Å²) >= 11 is 0. The highest BCUT2D eigenvalue weighted by Crippen LogP contribution is 2.16. The molecule has 128 valence electrons. The van der Waals surface area contributed by atoms with Gasteiger partial charge in [-0.1, -0.05) is 19.1 Å². The van der Waals surface area contributed by atoms with Gasteiger partial charge in [0.2, 0.25) is 0 Å². The highest BCUT2D eigenvalue weighted by molar-refractivity contribution is 5.78. The van der Waals surface area contributed by atoms with Crippen molar-refractivity contribution >= 4 is 5.96 Å². The van der Waals surface area contributed by atoms with Crippen LogP contribution in [0.25, 0.3) is 0 Å². The second kappa shape index (κ2) is 9.40. The Morgan fingerprint density at radius 2 is 2.26 bits per heavy atom. The van der Waals surface area contributed by atoms with Gasteiger partial charge in [-0.05, 0) is 36.5 Å². The lowest BCUT2D eigenvalue weighted by atomic mass is 10.0. The molecule has 1 aliphatic heterocycles. The number of guanidine groups is 1. The van der Waals surface area contributed by atoms with Crippen molar-refractivity contribution in [2.75, 3.05) is 33.4 Å². The number of hydrogen-bond donors (Lipinski definition) is 1. The summed E-state index contributed by atoms with van der Waals surface area (Å²) < 4.78 is 10.7. The van der Waals surface area contributed by atoms with Crippen LogP contribution in [-0.2, 0) is 11.3 Å². The largest absolute Gasteiger partial charge is 0.493 e. The number of nitrogens with zero attached hydrogens (tertiary/aromatic N) is 2. The maximum absolute atomic E-state index is 6.14. The molecular weight excluding hydrogens is 290 g/mol. The standard InChI is InChI=1S/C18H29N3O2/c1-15-6-4-9-21(14-15)18(19)20-13-16-7-3-8-17(12-16)23-11-5-10-22-2/h3,7-8,12,15H,4-6,9-11,13-14H2,1-2H3,(H2,19,20). The molecule has 1 aromatic rings. The van der Waals surface area contributed by atoms with E-state index in [0.29, 0.717) is 25.0 Å². The van der Waals surface area contributed by atoms with Crippen LogP contribution in [0.2, 0.25) is 0 Å². The van der Waals surface area contributed by atoms with Crippen LogP contribution in [0.1, 0.15) is 31.7 Å². The third kappa shape index (κ3) is 6.10. The molecule has 0 aromatic heterocycles. The molecule has 0 bridgehead atoms. The van der Waals surface area contributed by atoms with Crippen molar-refractivity contribution in [1.29, 1.82) is 0 Å². The second-order valence-electron chi connectivity index (χ2n) is 6.21. The van der Waals surface area contributed by atoms with Gasteiger partial charge in [-0.3, -0.25) is 0 Å². The van der Waals surface area contributed by atoms with Gasteiger partial charge in [-0.15, -0.1) is 0 Å². The number of rotatable bonds is 7. The molecule has 5 heteroatoms. The van der Waals surface area contributed by atoms with E-state index in [1.54, 1.807) is 7.11 Å². The number of hydrogen-bond acceptors (Lipinski definition) is 3. The summed E-state index contributed by atoms with van der Waals surface area (Å²) in [5.41, 5.74) is 7.25. The molecule has 5 nitrogen and oxygen atoms in total. The van der Waals surface area contributed by atoms with Crippen LogP contribution in [0, 0.1) is 5.92 Å². The summed E-state index contributed by atoms with van der Waals surface area (Å²) in [6.45, 7) is 6.26. The van der Waals surface area contributed by atoms with Gasteiger partial charge >= 0.3 is 0 Å². The molecule has 1 aliphatic rings. The Hall–Kier alpha value is -1.75. The van der Waals surface area contributed by atoms with Gasteiger partial charge in [0.1, 0.15) is 5.75 Å². The molecular formula is C18H29N3O2. The molecule has 1 atom stereocenters. The predicted octanol–water partition coefficient (Wildman–Crippen LogP) is 2.65. The van der Waals surface area contributed by atoms with E-state index >= 15 is 0 Å². The first-order valence-electron chi connectivity index (χ1n) is 8.44. The third-order valence-corrected chi connectivity index (χ3v) is 4.06. The smallest absolute Gasteiger partial charge is 0.191 e. The zero-order valence-electron chi connectivity index (χ0n) is 14.3. The lowest BCUT2D eigenvalue weighted by Crippen LogP contribution is -2.43. The molecule has 1 saturated heterocycles. The zero-order chi connectivity index (χ0) is 16.5. The zero-order valence-corrected chi connectivity index (χ0v) is 14.3. The van der Waals surface area contributed by atoms with Crippen LogP contribution < -0.4 is 10.5 Å². The number of methoxy groups -OCH3 is 1. The van der Waals surface area contributed by atoms with Crippen molar-refractivity contribution in [1.82, 2.24) is 4.90 Å². The van der Waals surface area contributed by atoms with E-state index in [2.05, 4.69) is 22.9 Å². The van der Waals surface area contributed by atoms with Gasteiger partial charge < -0.3 is 20.1 Å². The van der Waals surface area contributed by atoms with Gasteiger partial charge in [0.15, 0.2) is 5.96 Å². The Labute approximate surface area is 139 Å². The highest BCUT2D eigenvalue weighted by Gasteiger charge is 2.17. The molecule has 1 aromatic carbocycles. The van der Waals surface area contributed by atoms with Crippen molar-refractivity contribution in [3.63, 3.8) is 0 Å². The van der Waals surface area contributed by atoms with Crippen LogP contribution in [0.4, 0.5) is 0 Å². The first-order valence-corrected chi connectivity index (χ1v) is 8.44. The monoisotopic (exact) mass is 319 g/mol. The third-order valence-electron chi connectivity index (χ3n) is 4.06. The molecule has 0 amide bonds. The summed E-state index contributed by atoms with van der Waals surface area (Å²) in [6.07, 6.45) is 3.37. The minimum Gasteiger partial charge on any atom is -0.493 e. The van der Waals surface area contributed by atoms with Crippen LogP contribution >= 0.6 is 0 Å². The van der Waals surface area contributed by atoms with Crippen LogP contribution in [0.3, 0.4) is 0 Å². The van der Waals surface area contributed by atoms with Gasteiger partial charge in [-0.25, -0.2) is 4.99 Å². The number of ether oxygens (including phenoxy) is 2. The van der Waals surface area contributed by atoms with Crippen LogP contribution in [0.15, 0.2) is 29.3 Å². The summed E-state index contributed by atoms with van der Waals surface area (Å²) in [6, 6.07) is 8.05. The van der Waals surface area contributed by atoms with Crippen LogP contribution in [0.5, 0.6) is 5.75 Å². The van der Waals surface area contributed by atoms with E-state index in [1.807, 2.05) is 18.2 Å². The minimum atomic E-state index is 0.589. The fraction of sp³-hybridized carbons (Fsp3) is 0.611. The first kappa shape index (κ1) is 17.6. The Kier molecular flexibility index (Phi) is 7.20. The van der Waals surface area contributed by atoms with E-state index in [4.69, 9.17) is 15.2 Å². The number of likely N-dealkylation sites (tertiary alicyclic amines) is 1. The van der Waals surface area contributed by atoms with Gasteiger partial charge in [0.05, 0.1) is 13.2 Å². The van der Waals surface area contributed by atoms with Crippen molar-refractivity contribution in [2.24, 2.45) is 16.6 Å². The van der Waals surface area contributed by atoms with Crippen molar-refractivity contribution < 1.29 is 9.47 Å². The van der Waals surface area contributed by atoms with Gasteiger partial charge in [0.25, 0.3) is 0 Å². The number of benzene rings is 1. The topological polar surface area (TPSA) is 60.1 Å². The quantitative estimate of drug-likeness (QED) is 0.477. The molecule has 1 fully saturated rings. The maximum atomic E-state index is 6.14. The Bertz CT molecular complexity index is 505. The maximum Gasteiger partial charge on any atom is 0.191 e. The normalized spacial score (nSPS) is 19.0. The van der Waals surface area contributed by atoms with Crippen molar-refractivity contribution in [3.05, 3.63) is 29.8 Å². The summed E-state index contributed by atoms with van der Waals surface area (Å²) in [5.74, 6) is 2.23. The average molecular weight is 319 g/mol. The molecule has 0 spiro atoms. The number of piperidine rings is 1.